The van der Waals surface area contributed by atoms with E-state index in [9.17, 15) is 18.3 Å². The van der Waals surface area contributed by atoms with E-state index in [2.05, 4.69) is 15.9 Å². The Morgan fingerprint density at radius 1 is 1.18 bits per heavy atom. The molecule has 1 heterocycles. The van der Waals surface area contributed by atoms with Gasteiger partial charge in [-0.1, -0.05) is 23.7 Å². The van der Waals surface area contributed by atoms with Gasteiger partial charge in [0, 0.05) is 29.1 Å². The number of para-hydroxylation sites is 1. The zero-order valence-corrected chi connectivity index (χ0v) is 18.5. The standard InChI is InChI=1S/C17H17BrClN3O4S2/c18-11-3-1-2-4-13(11)22(17(20)24)14-6-5-12(19)16(15(14)23)28(25,26)21-7-9-27-10-8-21/h1-6,23H,7-10H2,(H2,20,24). The molecular formula is C17H17BrClN3O4S2. The van der Waals surface area contributed by atoms with Crippen molar-refractivity contribution in [3.05, 3.63) is 45.9 Å². The summed E-state index contributed by atoms with van der Waals surface area (Å²) in [4.78, 5) is 12.8. The van der Waals surface area contributed by atoms with Crippen LogP contribution in [0, 0.1) is 0 Å². The number of carbonyl (C=O) groups is 1. The van der Waals surface area contributed by atoms with Crippen molar-refractivity contribution >= 4 is 66.7 Å². The third-order valence-electron chi connectivity index (χ3n) is 4.18. The quantitative estimate of drug-likeness (QED) is 0.657. The molecule has 2 amide bonds. The van der Waals surface area contributed by atoms with Crippen LogP contribution in [-0.2, 0) is 10.0 Å². The van der Waals surface area contributed by atoms with Crippen LogP contribution in [0.25, 0.3) is 0 Å². The number of amides is 2. The zero-order valence-electron chi connectivity index (χ0n) is 14.5. The van der Waals surface area contributed by atoms with Crippen molar-refractivity contribution in [1.82, 2.24) is 4.31 Å². The fourth-order valence-electron chi connectivity index (χ4n) is 2.88. The summed E-state index contributed by atoms with van der Waals surface area (Å²) in [6, 6.07) is 8.54. The second-order valence-electron chi connectivity index (χ2n) is 5.89. The Hall–Kier alpha value is -1.46. The van der Waals surface area contributed by atoms with E-state index in [1.165, 1.54) is 16.4 Å². The monoisotopic (exact) mass is 505 g/mol. The lowest BCUT2D eigenvalue weighted by Gasteiger charge is -2.28. The molecule has 7 nitrogen and oxygen atoms in total. The second kappa shape index (κ2) is 8.50. The van der Waals surface area contributed by atoms with Crippen LogP contribution >= 0.6 is 39.3 Å². The first-order valence-electron chi connectivity index (χ1n) is 8.18. The van der Waals surface area contributed by atoms with Crippen molar-refractivity contribution < 1.29 is 18.3 Å². The van der Waals surface area contributed by atoms with Crippen LogP contribution in [0.3, 0.4) is 0 Å². The van der Waals surface area contributed by atoms with Crippen molar-refractivity contribution in [3.8, 4) is 5.75 Å². The van der Waals surface area contributed by atoms with Gasteiger partial charge in [-0.05, 0) is 40.2 Å². The van der Waals surface area contributed by atoms with Crippen LogP contribution in [0.15, 0.2) is 45.8 Å². The van der Waals surface area contributed by atoms with Gasteiger partial charge >= 0.3 is 6.03 Å². The van der Waals surface area contributed by atoms with E-state index >= 15 is 0 Å². The van der Waals surface area contributed by atoms with Crippen molar-refractivity contribution in [2.24, 2.45) is 5.73 Å². The average Bonchev–Trinajstić information content (AvgIpc) is 2.65. The largest absolute Gasteiger partial charge is 0.504 e. The van der Waals surface area contributed by atoms with Gasteiger partial charge in [-0.3, -0.25) is 4.90 Å². The number of thioether (sulfide) groups is 1. The smallest absolute Gasteiger partial charge is 0.324 e. The maximum atomic E-state index is 13.1. The maximum Gasteiger partial charge on any atom is 0.324 e. The predicted octanol–water partition coefficient (Wildman–Crippen LogP) is 3.76. The Morgan fingerprint density at radius 3 is 2.43 bits per heavy atom. The molecule has 3 N–H and O–H groups in total. The van der Waals surface area contributed by atoms with E-state index in [0.29, 0.717) is 34.8 Å². The summed E-state index contributed by atoms with van der Waals surface area (Å²) in [7, 11) is -4.05. The van der Waals surface area contributed by atoms with Crippen LogP contribution in [0.4, 0.5) is 16.2 Å². The lowest BCUT2D eigenvalue weighted by Crippen LogP contribution is -2.38. The first-order valence-corrected chi connectivity index (χ1v) is 11.9. The lowest BCUT2D eigenvalue weighted by atomic mass is 10.2. The number of anilines is 2. The summed E-state index contributed by atoms with van der Waals surface area (Å²) >= 11 is 11.1. The molecule has 0 radical (unpaired) electrons. The number of hydrogen-bond donors (Lipinski definition) is 2. The number of primary amides is 1. The number of rotatable bonds is 4. The Balaban J connectivity index is 2.17. The minimum absolute atomic E-state index is 0.0752. The highest BCUT2D eigenvalue weighted by molar-refractivity contribution is 9.10. The summed E-state index contributed by atoms with van der Waals surface area (Å²) in [5.41, 5.74) is 5.81. The Bertz CT molecular complexity index is 1010. The molecule has 1 fully saturated rings. The number of aromatic hydroxyl groups is 1. The van der Waals surface area contributed by atoms with E-state index in [1.54, 1.807) is 36.0 Å². The number of sulfonamides is 1. The first kappa shape index (κ1) is 21.3. The van der Waals surface area contributed by atoms with Crippen molar-refractivity contribution in [1.29, 1.82) is 0 Å². The molecule has 0 bridgehead atoms. The molecule has 2 aromatic rings. The van der Waals surface area contributed by atoms with Gasteiger partial charge in [-0.25, -0.2) is 13.2 Å². The third-order valence-corrected chi connectivity index (χ3v) is 8.20. The highest BCUT2D eigenvalue weighted by Gasteiger charge is 2.34. The van der Waals surface area contributed by atoms with Crippen molar-refractivity contribution in [2.45, 2.75) is 4.90 Å². The molecule has 0 saturated carbocycles. The topological polar surface area (TPSA) is 104 Å². The second-order valence-corrected chi connectivity index (χ2v) is 10.2. The molecule has 1 saturated heterocycles. The highest BCUT2D eigenvalue weighted by Crippen LogP contribution is 2.43. The number of phenols is 1. The fourth-order valence-corrected chi connectivity index (χ4v) is 6.50. The SMILES string of the molecule is NC(=O)N(c1ccccc1Br)c1ccc(Cl)c(S(=O)(=O)N2CCSCC2)c1O. The van der Waals surface area contributed by atoms with Crippen LogP contribution in [0.5, 0.6) is 5.75 Å². The van der Waals surface area contributed by atoms with Gasteiger partial charge in [0.25, 0.3) is 0 Å². The van der Waals surface area contributed by atoms with Gasteiger partial charge < -0.3 is 10.8 Å². The molecular weight excluding hydrogens is 490 g/mol. The van der Waals surface area contributed by atoms with E-state index in [-0.39, 0.29) is 10.7 Å². The van der Waals surface area contributed by atoms with Crippen molar-refractivity contribution in [2.75, 3.05) is 29.5 Å². The fraction of sp³-hybridized carbons (Fsp3) is 0.235. The molecule has 1 aliphatic heterocycles. The summed E-state index contributed by atoms with van der Waals surface area (Å²) in [6.07, 6.45) is 0. The van der Waals surface area contributed by atoms with Crippen LogP contribution in [-0.4, -0.2) is 48.5 Å². The summed E-state index contributed by atoms with van der Waals surface area (Å²) in [5, 5.41) is 10.7. The highest BCUT2D eigenvalue weighted by atomic mass is 79.9. The molecule has 3 rings (SSSR count). The summed E-state index contributed by atoms with van der Waals surface area (Å²) < 4.78 is 28.0. The van der Waals surface area contributed by atoms with Gasteiger partial charge in [0.15, 0.2) is 5.75 Å². The van der Waals surface area contributed by atoms with Crippen LogP contribution in [0.2, 0.25) is 5.02 Å². The molecule has 28 heavy (non-hydrogen) atoms. The number of nitrogens with two attached hydrogens (primary N) is 1. The predicted molar refractivity (Wildman–Crippen MR) is 115 cm³/mol. The van der Waals surface area contributed by atoms with E-state index < -0.39 is 26.7 Å². The number of halogens is 2. The average molecular weight is 507 g/mol. The maximum absolute atomic E-state index is 13.1. The molecule has 0 spiro atoms. The normalized spacial score (nSPS) is 15.4. The van der Waals surface area contributed by atoms with Gasteiger partial charge in [0.1, 0.15) is 4.90 Å². The number of nitrogens with zero attached hydrogens (tertiary/aromatic N) is 2. The number of urea groups is 1. The molecule has 150 valence electrons. The minimum Gasteiger partial charge on any atom is -0.504 e. The Labute approximate surface area is 180 Å². The Morgan fingerprint density at radius 2 is 1.82 bits per heavy atom. The molecule has 11 heteroatoms. The Kier molecular flexibility index (Phi) is 6.45. The molecule has 0 aliphatic carbocycles. The summed E-state index contributed by atoms with van der Waals surface area (Å²) in [6.45, 7) is 0.632. The molecule has 0 atom stereocenters. The number of carbonyl (C=O) groups excluding carboxylic acids is 1. The van der Waals surface area contributed by atoms with Crippen LogP contribution < -0.4 is 10.6 Å². The number of hydrogen-bond acceptors (Lipinski definition) is 5. The van der Waals surface area contributed by atoms with Gasteiger partial charge in [0.2, 0.25) is 10.0 Å². The number of benzene rings is 2. The van der Waals surface area contributed by atoms with E-state index in [1.807, 2.05) is 0 Å². The first-order chi connectivity index (χ1) is 13.2. The van der Waals surface area contributed by atoms with Gasteiger partial charge in [-0.2, -0.15) is 16.1 Å². The van der Waals surface area contributed by atoms with Gasteiger partial charge in [0.05, 0.1) is 16.4 Å². The number of phenolic OH excluding ortho intramolecular Hbond substituents is 1. The zero-order chi connectivity index (χ0) is 20.5. The van der Waals surface area contributed by atoms with Crippen LogP contribution in [0.1, 0.15) is 0 Å². The lowest BCUT2D eigenvalue weighted by molar-refractivity contribution is 0.256. The summed E-state index contributed by atoms with van der Waals surface area (Å²) in [5.74, 6) is 0.684. The minimum atomic E-state index is -4.05. The molecule has 2 aromatic carbocycles. The molecule has 0 unspecified atom stereocenters. The van der Waals surface area contributed by atoms with Crippen molar-refractivity contribution in [3.63, 3.8) is 0 Å². The molecule has 1 aliphatic rings. The molecule has 0 aromatic heterocycles. The third kappa shape index (κ3) is 3.97. The van der Waals surface area contributed by atoms with Gasteiger partial charge in [-0.15, -0.1) is 0 Å². The van der Waals surface area contributed by atoms with E-state index in [4.69, 9.17) is 17.3 Å². The van der Waals surface area contributed by atoms with E-state index in [0.717, 1.165) is 4.90 Å².